The van der Waals surface area contributed by atoms with Gasteiger partial charge in [-0.25, -0.2) is 4.98 Å². The van der Waals surface area contributed by atoms with Crippen molar-refractivity contribution < 1.29 is 4.42 Å². The zero-order valence-electron chi connectivity index (χ0n) is 10.9. The minimum atomic E-state index is 0.303. The molecule has 19 heavy (non-hydrogen) atoms. The van der Waals surface area contributed by atoms with Gasteiger partial charge in [-0.3, -0.25) is 4.98 Å². The second kappa shape index (κ2) is 4.39. The predicted octanol–water partition coefficient (Wildman–Crippen LogP) is 3.60. The number of fused-ring (bicyclic) bond motifs is 1. The van der Waals surface area contributed by atoms with Crippen LogP contribution in [0.4, 0.5) is 5.69 Å². The maximum Gasteiger partial charge on any atom is 0.228 e. The molecule has 4 heteroatoms. The molecule has 1 aromatic carbocycles. The average Bonchev–Trinajstić information content (AvgIpc) is 2.81. The third kappa shape index (κ3) is 2.05. The number of anilines is 1. The number of nitrogens with two attached hydrogens (primary N) is 1. The third-order valence-corrected chi connectivity index (χ3v) is 3.04. The zero-order valence-corrected chi connectivity index (χ0v) is 10.9. The van der Waals surface area contributed by atoms with E-state index in [4.69, 9.17) is 10.2 Å². The third-order valence-electron chi connectivity index (χ3n) is 3.04. The summed E-state index contributed by atoms with van der Waals surface area (Å²) in [5.41, 5.74) is 10.0. The Morgan fingerprint density at radius 2 is 2.00 bits per heavy atom. The number of hydrogen-bond acceptors (Lipinski definition) is 4. The molecule has 2 aromatic heterocycles. The van der Waals surface area contributed by atoms with Gasteiger partial charge in [0.15, 0.2) is 5.58 Å². The second-order valence-electron chi connectivity index (χ2n) is 4.84. The molecular weight excluding hydrogens is 238 g/mol. The molecule has 0 saturated carbocycles. The minimum absolute atomic E-state index is 0.303. The molecule has 3 rings (SSSR count). The molecule has 0 saturated heterocycles. The Kier molecular flexibility index (Phi) is 2.71. The van der Waals surface area contributed by atoms with E-state index in [9.17, 15) is 0 Å². The first-order valence-electron chi connectivity index (χ1n) is 6.26. The highest BCUT2D eigenvalue weighted by Gasteiger charge is 2.12. The molecular formula is C15H15N3O. The number of pyridine rings is 1. The fourth-order valence-electron chi connectivity index (χ4n) is 2.09. The van der Waals surface area contributed by atoms with Crippen LogP contribution in [0.5, 0.6) is 0 Å². The van der Waals surface area contributed by atoms with Crippen LogP contribution < -0.4 is 5.73 Å². The van der Waals surface area contributed by atoms with Gasteiger partial charge in [-0.2, -0.15) is 0 Å². The molecule has 2 heterocycles. The lowest BCUT2D eigenvalue weighted by atomic mass is 10.1. The summed E-state index contributed by atoms with van der Waals surface area (Å²) in [7, 11) is 0. The molecule has 0 amide bonds. The highest BCUT2D eigenvalue weighted by atomic mass is 16.3. The Balaban J connectivity index is 2.09. The van der Waals surface area contributed by atoms with E-state index in [-0.39, 0.29) is 0 Å². The summed E-state index contributed by atoms with van der Waals surface area (Å²) in [6, 6.07) is 9.54. The first-order chi connectivity index (χ1) is 9.15. The number of para-hydroxylation sites is 2. The molecule has 96 valence electrons. The van der Waals surface area contributed by atoms with Crippen LogP contribution in [-0.4, -0.2) is 9.97 Å². The van der Waals surface area contributed by atoms with Crippen molar-refractivity contribution in [1.29, 1.82) is 0 Å². The van der Waals surface area contributed by atoms with Crippen molar-refractivity contribution in [3.63, 3.8) is 0 Å². The monoisotopic (exact) mass is 253 g/mol. The lowest BCUT2D eigenvalue weighted by Crippen LogP contribution is -2.00. The van der Waals surface area contributed by atoms with E-state index in [1.165, 1.54) is 0 Å². The van der Waals surface area contributed by atoms with Crippen molar-refractivity contribution in [3.8, 4) is 11.5 Å². The standard InChI is InChI=1S/C15H15N3O/c1-9(2)14-11(16)7-10(8-17-14)15-18-12-5-3-4-6-13(12)19-15/h3-9H,16H2,1-2H3. The average molecular weight is 253 g/mol. The van der Waals surface area contributed by atoms with Crippen LogP contribution in [0.2, 0.25) is 0 Å². The topological polar surface area (TPSA) is 64.9 Å². The van der Waals surface area contributed by atoms with Gasteiger partial charge in [0.25, 0.3) is 0 Å². The van der Waals surface area contributed by atoms with E-state index in [1.54, 1.807) is 6.20 Å². The molecule has 0 fully saturated rings. The molecule has 3 aromatic rings. The summed E-state index contributed by atoms with van der Waals surface area (Å²) in [6.45, 7) is 4.13. The number of nitrogens with zero attached hydrogens (tertiary/aromatic N) is 2. The van der Waals surface area contributed by atoms with Crippen LogP contribution in [0, 0.1) is 0 Å². The van der Waals surface area contributed by atoms with Gasteiger partial charge < -0.3 is 10.2 Å². The van der Waals surface area contributed by atoms with Crippen molar-refractivity contribution in [2.45, 2.75) is 19.8 Å². The van der Waals surface area contributed by atoms with Crippen LogP contribution in [0.15, 0.2) is 40.9 Å². The fourth-order valence-corrected chi connectivity index (χ4v) is 2.09. The first kappa shape index (κ1) is 11.7. The van der Waals surface area contributed by atoms with Crippen molar-refractivity contribution in [2.24, 2.45) is 0 Å². The van der Waals surface area contributed by atoms with Crippen LogP contribution in [0.25, 0.3) is 22.6 Å². The largest absolute Gasteiger partial charge is 0.436 e. The van der Waals surface area contributed by atoms with E-state index >= 15 is 0 Å². The molecule has 4 nitrogen and oxygen atoms in total. The molecule has 0 spiro atoms. The minimum Gasteiger partial charge on any atom is -0.436 e. The molecule has 0 atom stereocenters. The van der Waals surface area contributed by atoms with Crippen molar-refractivity contribution in [3.05, 3.63) is 42.2 Å². The van der Waals surface area contributed by atoms with Gasteiger partial charge >= 0.3 is 0 Å². The summed E-state index contributed by atoms with van der Waals surface area (Å²) in [5.74, 6) is 0.855. The van der Waals surface area contributed by atoms with Crippen LogP contribution in [-0.2, 0) is 0 Å². The number of aromatic nitrogens is 2. The maximum atomic E-state index is 6.02. The summed E-state index contributed by atoms with van der Waals surface area (Å²) in [4.78, 5) is 8.84. The van der Waals surface area contributed by atoms with Crippen molar-refractivity contribution >= 4 is 16.8 Å². The Morgan fingerprint density at radius 3 is 2.68 bits per heavy atom. The van der Waals surface area contributed by atoms with E-state index in [0.29, 0.717) is 17.5 Å². The normalized spacial score (nSPS) is 11.3. The highest BCUT2D eigenvalue weighted by molar-refractivity contribution is 5.76. The number of rotatable bonds is 2. The lowest BCUT2D eigenvalue weighted by molar-refractivity contribution is 0.619. The summed E-state index contributed by atoms with van der Waals surface area (Å²) < 4.78 is 5.70. The van der Waals surface area contributed by atoms with E-state index in [1.807, 2.05) is 30.3 Å². The Hall–Kier alpha value is -2.36. The van der Waals surface area contributed by atoms with Crippen LogP contribution in [0.1, 0.15) is 25.5 Å². The number of benzene rings is 1. The van der Waals surface area contributed by atoms with E-state index in [2.05, 4.69) is 23.8 Å². The summed E-state index contributed by atoms with van der Waals surface area (Å²) in [5, 5.41) is 0. The molecule has 0 radical (unpaired) electrons. The Morgan fingerprint density at radius 1 is 1.21 bits per heavy atom. The number of nitrogen functional groups attached to an aromatic ring is 1. The summed E-state index contributed by atoms with van der Waals surface area (Å²) in [6.07, 6.45) is 1.76. The molecule has 0 unspecified atom stereocenters. The van der Waals surface area contributed by atoms with Crippen molar-refractivity contribution in [2.75, 3.05) is 5.73 Å². The quantitative estimate of drug-likeness (QED) is 0.757. The number of hydrogen-bond donors (Lipinski definition) is 1. The van der Waals surface area contributed by atoms with Gasteiger partial charge in [-0.05, 0) is 24.1 Å². The first-order valence-corrected chi connectivity index (χ1v) is 6.26. The van der Waals surface area contributed by atoms with E-state index < -0.39 is 0 Å². The second-order valence-corrected chi connectivity index (χ2v) is 4.84. The van der Waals surface area contributed by atoms with E-state index in [0.717, 1.165) is 22.4 Å². The van der Waals surface area contributed by atoms with Gasteiger partial charge in [0, 0.05) is 6.20 Å². The van der Waals surface area contributed by atoms with Crippen molar-refractivity contribution in [1.82, 2.24) is 9.97 Å². The van der Waals surface area contributed by atoms with Gasteiger partial charge in [0.2, 0.25) is 5.89 Å². The Labute approximate surface area is 111 Å². The zero-order chi connectivity index (χ0) is 13.4. The SMILES string of the molecule is CC(C)c1ncc(-c2nc3ccccc3o2)cc1N. The molecule has 0 aliphatic heterocycles. The predicted molar refractivity (Wildman–Crippen MR) is 75.7 cm³/mol. The Bertz CT molecular complexity index is 698. The number of oxazole rings is 1. The van der Waals surface area contributed by atoms with Crippen LogP contribution >= 0.6 is 0 Å². The smallest absolute Gasteiger partial charge is 0.228 e. The molecule has 0 aliphatic carbocycles. The van der Waals surface area contributed by atoms with Gasteiger partial charge in [-0.1, -0.05) is 26.0 Å². The lowest BCUT2D eigenvalue weighted by Gasteiger charge is -2.08. The summed E-state index contributed by atoms with van der Waals surface area (Å²) >= 11 is 0. The van der Waals surface area contributed by atoms with Gasteiger partial charge in [-0.15, -0.1) is 0 Å². The molecule has 2 N–H and O–H groups in total. The maximum absolute atomic E-state index is 6.02. The molecule has 0 aliphatic rings. The fraction of sp³-hybridized carbons (Fsp3) is 0.200. The highest BCUT2D eigenvalue weighted by Crippen LogP contribution is 2.27. The van der Waals surface area contributed by atoms with Crippen LogP contribution in [0.3, 0.4) is 0 Å². The molecule has 0 bridgehead atoms. The van der Waals surface area contributed by atoms with Gasteiger partial charge in [0.05, 0.1) is 16.9 Å². The van der Waals surface area contributed by atoms with Gasteiger partial charge in [0.1, 0.15) is 5.52 Å².